The molecule has 2 saturated carbocycles. The number of nitrogens with one attached hydrogen (secondary N) is 1. The second kappa shape index (κ2) is 7.11. The highest BCUT2D eigenvalue weighted by atomic mass is 32.2. The molecule has 3 heterocycles. The molecule has 0 bridgehead atoms. The minimum Gasteiger partial charge on any atom is -0.381 e. The van der Waals surface area contributed by atoms with Gasteiger partial charge in [0.2, 0.25) is 0 Å². The number of halogens is 3. The number of hydrogen-bond acceptors (Lipinski definition) is 5. The van der Waals surface area contributed by atoms with E-state index in [9.17, 15) is 13.2 Å². The van der Waals surface area contributed by atoms with Crippen molar-refractivity contribution < 1.29 is 17.9 Å². The molecule has 29 heavy (non-hydrogen) atoms. The molecule has 4 fully saturated rings. The molecule has 4 aliphatic rings. The first-order valence-electron chi connectivity index (χ1n) is 10.6. The maximum Gasteiger partial charge on any atom is 0.433 e. The van der Waals surface area contributed by atoms with Crippen LogP contribution in [-0.4, -0.2) is 47.2 Å². The second-order valence-electron chi connectivity index (χ2n) is 9.46. The van der Waals surface area contributed by atoms with Crippen LogP contribution in [0.3, 0.4) is 0 Å². The van der Waals surface area contributed by atoms with E-state index in [-0.39, 0.29) is 0 Å². The van der Waals surface area contributed by atoms with E-state index in [0.717, 1.165) is 43.2 Å². The van der Waals surface area contributed by atoms with Crippen molar-refractivity contribution in [3.05, 3.63) is 23.5 Å². The van der Waals surface area contributed by atoms with E-state index in [1.54, 1.807) is 24.9 Å². The van der Waals surface area contributed by atoms with E-state index < -0.39 is 11.9 Å². The van der Waals surface area contributed by atoms with Crippen LogP contribution in [0.25, 0.3) is 0 Å². The second-order valence-corrected chi connectivity index (χ2v) is 10.6. The van der Waals surface area contributed by atoms with Crippen molar-refractivity contribution in [1.29, 1.82) is 0 Å². The number of nitrogens with zero attached hydrogens (tertiary/aromatic N) is 2. The van der Waals surface area contributed by atoms with E-state index >= 15 is 0 Å². The van der Waals surface area contributed by atoms with Crippen molar-refractivity contribution in [2.45, 2.75) is 68.1 Å². The number of aromatic nitrogens is 1. The Bertz CT molecular complexity index is 763. The maximum atomic E-state index is 12.8. The molecule has 1 aromatic heterocycles. The lowest BCUT2D eigenvalue weighted by atomic mass is 9.61. The Hall–Kier alpha value is -0.830. The van der Waals surface area contributed by atoms with Gasteiger partial charge in [-0.2, -0.15) is 13.2 Å². The Balaban J connectivity index is 1.09. The first-order chi connectivity index (χ1) is 13.8. The molecule has 2 saturated heterocycles. The van der Waals surface area contributed by atoms with Crippen molar-refractivity contribution in [3.8, 4) is 0 Å². The van der Waals surface area contributed by atoms with Crippen LogP contribution in [0.15, 0.2) is 17.0 Å². The molecule has 0 aromatic carbocycles. The standard InChI is InChI=1S/C21H28F3N3OS/c1-14-17(2-3-18(25-14)21(22,23)24)29-27-12-19(13-27)10-16(11-19)26-20(6-7-20)15-4-8-28-9-5-15/h2-3,15-16,26H,4-13H2,1H3. The Kier molecular flexibility index (Phi) is 4.92. The fourth-order valence-corrected chi connectivity index (χ4v) is 6.78. The first kappa shape index (κ1) is 20.1. The summed E-state index contributed by atoms with van der Waals surface area (Å²) in [5.74, 6) is 0.774. The Labute approximate surface area is 174 Å². The molecule has 1 spiro atoms. The van der Waals surface area contributed by atoms with E-state index in [1.807, 2.05) is 0 Å². The molecule has 0 amide bonds. The fourth-order valence-electron chi connectivity index (χ4n) is 5.52. The van der Waals surface area contributed by atoms with Crippen molar-refractivity contribution in [3.63, 3.8) is 0 Å². The van der Waals surface area contributed by atoms with Crippen molar-refractivity contribution in [1.82, 2.24) is 14.6 Å². The first-order valence-corrected chi connectivity index (χ1v) is 11.4. The average molecular weight is 428 g/mol. The van der Waals surface area contributed by atoms with Crippen LogP contribution in [0.2, 0.25) is 0 Å². The highest BCUT2D eigenvalue weighted by molar-refractivity contribution is 7.97. The molecule has 0 unspecified atom stereocenters. The summed E-state index contributed by atoms with van der Waals surface area (Å²) < 4.78 is 46.1. The molecule has 1 aromatic rings. The molecule has 0 radical (unpaired) electrons. The Morgan fingerprint density at radius 1 is 1.17 bits per heavy atom. The summed E-state index contributed by atoms with van der Waals surface area (Å²) >= 11 is 1.55. The van der Waals surface area contributed by atoms with Crippen LogP contribution in [-0.2, 0) is 10.9 Å². The fraction of sp³-hybridized carbons (Fsp3) is 0.762. The summed E-state index contributed by atoms with van der Waals surface area (Å²) in [7, 11) is 0. The molecular weight excluding hydrogens is 399 g/mol. The van der Waals surface area contributed by atoms with Gasteiger partial charge in [-0.3, -0.25) is 0 Å². The lowest BCUT2D eigenvalue weighted by Crippen LogP contribution is -2.65. The van der Waals surface area contributed by atoms with E-state index in [1.165, 1.54) is 38.5 Å². The van der Waals surface area contributed by atoms with Crippen LogP contribution >= 0.6 is 11.9 Å². The van der Waals surface area contributed by atoms with Gasteiger partial charge in [-0.25, -0.2) is 9.29 Å². The van der Waals surface area contributed by atoms with Crippen molar-refractivity contribution >= 4 is 11.9 Å². The van der Waals surface area contributed by atoms with Crippen molar-refractivity contribution in [2.24, 2.45) is 11.3 Å². The van der Waals surface area contributed by atoms with Gasteiger partial charge in [0, 0.05) is 48.2 Å². The van der Waals surface area contributed by atoms with Crippen LogP contribution < -0.4 is 5.32 Å². The van der Waals surface area contributed by atoms with Crippen molar-refractivity contribution in [2.75, 3.05) is 26.3 Å². The summed E-state index contributed by atoms with van der Waals surface area (Å²) in [4.78, 5) is 4.56. The number of hydrogen-bond donors (Lipinski definition) is 1. The van der Waals surface area contributed by atoms with Crippen LogP contribution in [0.1, 0.15) is 49.9 Å². The zero-order valence-electron chi connectivity index (χ0n) is 16.7. The smallest absolute Gasteiger partial charge is 0.381 e. The SMILES string of the molecule is Cc1nc(C(F)(F)F)ccc1SN1CC2(CC(NC3(C4CCOCC4)CC3)C2)C1. The van der Waals surface area contributed by atoms with Gasteiger partial charge < -0.3 is 10.1 Å². The zero-order valence-corrected chi connectivity index (χ0v) is 17.5. The summed E-state index contributed by atoms with van der Waals surface area (Å²) in [6, 6.07) is 3.26. The number of pyridine rings is 1. The van der Waals surface area contributed by atoms with Gasteiger partial charge in [0.05, 0.1) is 5.69 Å². The molecule has 160 valence electrons. The number of aryl methyl sites for hydroxylation is 1. The average Bonchev–Trinajstić information content (AvgIpc) is 3.40. The molecule has 0 atom stereocenters. The predicted molar refractivity (Wildman–Crippen MR) is 106 cm³/mol. The third-order valence-corrected chi connectivity index (χ3v) is 8.37. The van der Waals surface area contributed by atoms with Crippen LogP contribution in [0.5, 0.6) is 0 Å². The largest absolute Gasteiger partial charge is 0.433 e. The van der Waals surface area contributed by atoms with Gasteiger partial charge in [-0.15, -0.1) is 0 Å². The highest BCUT2D eigenvalue weighted by Crippen LogP contribution is 2.54. The monoisotopic (exact) mass is 427 g/mol. The van der Waals surface area contributed by atoms with Crippen LogP contribution in [0.4, 0.5) is 13.2 Å². The Morgan fingerprint density at radius 3 is 2.45 bits per heavy atom. The minimum atomic E-state index is -4.38. The van der Waals surface area contributed by atoms with Gasteiger partial charge in [-0.05, 0) is 75.4 Å². The highest BCUT2D eigenvalue weighted by Gasteiger charge is 2.57. The van der Waals surface area contributed by atoms with Crippen LogP contribution in [0, 0.1) is 18.3 Å². The number of alkyl halides is 3. The zero-order chi connectivity index (χ0) is 20.3. The normalized spacial score (nSPS) is 26.9. The summed E-state index contributed by atoms with van der Waals surface area (Å²) in [6.45, 7) is 5.50. The van der Waals surface area contributed by atoms with Gasteiger partial charge in [0.15, 0.2) is 0 Å². The summed E-state index contributed by atoms with van der Waals surface area (Å²) in [5, 5.41) is 3.99. The van der Waals surface area contributed by atoms with E-state index in [4.69, 9.17) is 4.74 Å². The quantitative estimate of drug-likeness (QED) is 0.704. The molecule has 2 aliphatic carbocycles. The predicted octanol–water partition coefficient (Wildman–Crippen LogP) is 4.43. The molecular formula is C21H28F3N3OS. The molecule has 4 nitrogen and oxygen atoms in total. The third-order valence-electron chi connectivity index (χ3n) is 7.22. The lowest BCUT2D eigenvalue weighted by Gasteiger charge is -2.59. The van der Waals surface area contributed by atoms with E-state index in [2.05, 4.69) is 14.6 Å². The minimum absolute atomic E-state index is 0.386. The Morgan fingerprint density at radius 2 is 1.86 bits per heavy atom. The summed E-state index contributed by atoms with van der Waals surface area (Å²) in [6.07, 6.45) is 3.06. The molecule has 8 heteroatoms. The van der Waals surface area contributed by atoms with Gasteiger partial charge in [0.1, 0.15) is 5.69 Å². The van der Waals surface area contributed by atoms with E-state index in [0.29, 0.717) is 22.7 Å². The molecule has 5 rings (SSSR count). The number of ether oxygens (including phenoxy) is 1. The number of rotatable bonds is 5. The third kappa shape index (κ3) is 3.93. The molecule has 2 aliphatic heterocycles. The topological polar surface area (TPSA) is 37.4 Å². The lowest BCUT2D eigenvalue weighted by molar-refractivity contribution is -0.141. The molecule has 1 N–H and O–H groups in total. The van der Waals surface area contributed by atoms with Gasteiger partial charge in [0.25, 0.3) is 0 Å². The van der Waals surface area contributed by atoms with Gasteiger partial charge in [-0.1, -0.05) is 0 Å². The summed E-state index contributed by atoms with van der Waals surface area (Å²) in [5.41, 5.74) is 0.429. The maximum absolute atomic E-state index is 12.8. The van der Waals surface area contributed by atoms with Gasteiger partial charge >= 0.3 is 6.18 Å².